The summed E-state index contributed by atoms with van der Waals surface area (Å²) in [5.41, 5.74) is 3.94. The lowest BCUT2D eigenvalue weighted by Crippen LogP contribution is -2.23. The quantitative estimate of drug-likeness (QED) is 0.490. The molecule has 0 spiro atoms. The summed E-state index contributed by atoms with van der Waals surface area (Å²) in [5.74, 6) is -0.660. The lowest BCUT2D eigenvalue weighted by molar-refractivity contribution is 0.0998. The molecular weight excluding hydrogens is 390 g/mol. The van der Waals surface area contributed by atoms with Gasteiger partial charge < -0.3 is 5.32 Å². The number of amides is 1. The number of carbonyl (C=O) groups is 2. The second kappa shape index (κ2) is 6.95. The summed E-state index contributed by atoms with van der Waals surface area (Å²) < 4.78 is 3.20. The van der Waals surface area contributed by atoms with Crippen LogP contribution in [0.1, 0.15) is 32.0 Å². The number of hydrogen-bond acceptors (Lipinski definition) is 3. The number of anilines is 1. The van der Waals surface area contributed by atoms with Crippen LogP contribution in [0.15, 0.2) is 77.6 Å². The van der Waals surface area contributed by atoms with E-state index in [9.17, 15) is 14.4 Å². The molecule has 0 saturated heterocycles. The number of nitrogens with one attached hydrogen (secondary N) is 1. The van der Waals surface area contributed by atoms with Crippen LogP contribution in [-0.4, -0.2) is 21.1 Å². The second-order valence-electron chi connectivity index (χ2n) is 7.49. The fourth-order valence-corrected chi connectivity index (χ4v) is 4.15. The maximum atomic E-state index is 13.2. The average molecular weight is 409 g/mol. The van der Waals surface area contributed by atoms with Crippen molar-refractivity contribution >= 4 is 17.4 Å². The number of para-hydroxylation sites is 1. The third-order valence-electron chi connectivity index (χ3n) is 5.79. The van der Waals surface area contributed by atoms with Gasteiger partial charge in [0.25, 0.3) is 11.5 Å². The molecule has 1 amide bonds. The number of rotatable bonds is 3. The van der Waals surface area contributed by atoms with E-state index in [1.54, 1.807) is 36.9 Å². The molecule has 0 unspecified atom stereocenters. The zero-order chi connectivity index (χ0) is 21.7. The third kappa shape index (κ3) is 2.76. The van der Waals surface area contributed by atoms with Gasteiger partial charge in [0.05, 0.1) is 16.9 Å². The van der Waals surface area contributed by atoms with Gasteiger partial charge in [-0.3, -0.25) is 19.1 Å². The molecule has 1 aliphatic rings. The van der Waals surface area contributed by atoms with Crippen LogP contribution in [-0.2, 0) is 7.05 Å². The highest BCUT2D eigenvalue weighted by atomic mass is 16.2. The number of aromatic nitrogens is 2. The van der Waals surface area contributed by atoms with Crippen LogP contribution in [0.4, 0.5) is 5.69 Å². The summed E-state index contributed by atoms with van der Waals surface area (Å²) in [6, 6.07) is 21.7. The number of fused-ring (bicyclic) bond motifs is 3. The molecule has 5 rings (SSSR count). The molecule has 4 aromatic rings. The summed E-state index contributed by atoms with van der Waals surface area (Å²) in [4.78, 5) is 39.3. The third-order valence-corrected chi connectivity index (χ3v) is 5.79. The van der Waals surface area contributed by atoms with E-state index in [0.29, 0.717) is 22.5 Å². The van der Waals surface area contributed by atoms with Crippen LogP contribution in [0.5, 0.6) is 0 Å². The van der Waals surface area contributed by atoms with E-state index in [1.807, 2.05) is 54.6 Å². The van der Waals surface area contributed by atoms with Gasteiger partial charge in [0, 0.05) is 18.2 Å². The minimum Gasteiger partial charge on any atom is -0.316 e. The maximum absolute atomic E-state index is 13.2. The van der Waals surface area contributed by atoms with Gasteiger partial charge in [-0.2, -0.15) is 0 Å². The normalized spacial score (nSPS) is 11.9. The Morgan fingerprint density at radius 3 is 2.19 bits per heavy atom. The average Bonchev–Trinajstić information content (AvgIpc) is 3.20. The molecule has 152 valence electrons. The topological polar surface area (TPSA) is 73.1 Å². The van der Waals surface area contributed by atoms with E-state index >= 15 is 0 Å². The minimum absolute atomic E-state index is 0.178. The van der Waals surface area contributed by atoms with Crippen LogP contribution in [0.25, 0.3) is 16.8 Å². The van der Waals surface area contributed by atoms with E-state index < -0.39 is 5.91 Å². The highest BCUT2D eigenvalue weighted by Gasteiger charge is 2.31. The second-order valence-corrected chi connectivity index (χ2v) is 7.49. The number of carbonyl (C=O) groups excluding carboxylic acids is 2. The largest absolute Gasteiger partial charge is 0.316 e. The molecule has 0 aliphatic heterocycles. The predicted molar refractivity (Wildman–Crippen MR) is 119 cm³/mol. The SMILES string of the molecule is Cc1c(NC(=O)c2cccc3c2C(=O)c2ccccc2-3)c(=O)n(-c2ccccc2)n1C. The van der Waals surface area contributed by atoms with E-state index in [4.69, 9.17) is 0 Å². The van der Waals surface area contributed by atoms with Gasteiger partial charge in [-0.1, -0.05) is 54.6 Å². The smallest absolute Gasteiger partial charge is 0.295 e. The van der Waals surface area contributed by atoms with Gasteiger partial charge in [0.1, 0.15) is 5.69 Å². The van der Waals surface area contributed by atoms with Crippen molar-refractivity contribution in [3.8, 4) is 16.8 Å². The number of nitrogens with zero attached hydrogens (tertiary/aromatic N) is 2. The van der Waals surface area contributed by atoms with E-state index in [0.717, 1.165) is 11.1 Å². The summed E-state index contributed by atoms with van der Waals surface area (Å²) in [6.07, 6.45) is 0. The van der Waals surface area contributed by atoms with Crippen molar-refractivity contribution < 1.29 is 9.59 Å². The van der Waals surface area contributed by atoms with Crippen LogP contribution < -0.4 is 10.9 Å². The first-order valence-electron chi connectivity index (χ1n) is 9.91. The first-order chi connectivity index (χ1) is 15.0. The van der Waals surface area contributed by atoms with Crippen LogP contribution in [0.2, 0.25) is 0 Å². The monoisotopic (exact) mass is 409 g/mol. The predicted octanol–water partition coefficient (Wildman–Crippen LogP) is 3.95. The summed E-state index contributed by atoms with van der Waals surface area (Å²) >= 11 is 0. The molecule has 31 heavy (non-hydrogen) atoms. The lowest BCUT2D eigenvalue weighted by atomic mass is 10.0. The van der Waals surface area contributed by atoms with Crippen LogP contribution in [0, 0.1) is 6.92 Å². The van der Waals surface area contributed by atoms with Crippen molar-refractivity contribution in [2.75, 3.05) is 5.32 Å². The Kier molecular flexibility index (Phi) is 4.22. The summed E-state index contributed by atoms with van der Waals surface area (Å²) in [5, 5.41) is 2.76. The molecule has 0 fully saturated rings. The first-order valence-corrected chi connectivity index (χ1v) is 9.91. The van der Waals surface area contributed by atoms with Crippen molar-refractivity contribution in [2.24, 2.45) is 7.05 Å². The molecule has 3 aromatic carbocycles. The summed E-state index contributed by atoms with van der Waals surface area (Å²) in [6.45, 7) is 1.77. The van der Waals surface area contributed by atoms with E-state index in [-0.39, 0.29) is 22.6 Å². The van der Waals surface area contributed by atoms with Gasteiger partial charge in [-0.25, -0.2) is 4.68 Å². The highest BCUT2D eigenvalue weighted by molar-refractivity contribution is 6.26. The van der Waals surface area contributed by atoms with Gasteiger partial charge >= 0.3 is 0 Å². The Hall–Kier alpha value is -4.19. The Morgan fingerprint density at radius 1 is 0.806 bits per heavy atom. The number of ketones is 1. The van der Waals surface area contributed by atoms with Crippen molar-refractivity contribution in [1.82, 2.24) is 9.36 Å². The zero-order valence-corrected chi connectivity index (χ0v) is 17.0. The molecule has 1 heterocycles. The minimum atomic E-state index is -0.482. The molecule has 1 aliphatic carbocycles. The van der Waals surface area contributed by atoms with Gasteiger partial charge in [-0.15, -0.1) is 0 Å². The van der Waals surface area contributed by atoms with Gasteiger partial charge in [0.2, 0.25) is 0 Å². The number of benzene rings is 3. The molecule has 0 atom stereocenters. The lowest BCUT2D eigenvalue weighted by Gasteiger charge is -2.08. The zero-order valence-electron chi connectivity index (χ0n) is 17.0. The molecule has 1 N–H and O–H groups in total. The van der Waals surface area contributed by atoms with Crippen molar-refractivity contribution in [1.29, 1.82) is 0 Å². The molecule has 0 radical (unpaired) electrons. The van der Waals surface area contributed by atoms with E-state index in [1.165, 1.54) is 4.68 Å². The van der Waals surface area contributed by atoms with Crippen molar-refractivity contribution in [3.63, 3.8) is 0 Å². The molecular formula is C25H19N3O3. The molecule has 0 saturated carbocycles. The first kappa shape index (κ1) is 18.8. The maximum Gasteiger partial charge on any atom is 0.295 e. The Labute approximate surface area is 178 Å². The molecule has 0 bridgehead atoms. The van der Waals surface area contributed by atoms with Crippen molar-refractivity contribution in [3.05, 3.63) is 106 Å². The van der Waals surface area contributed by atoms with Gasteiger partial charge in [-0.05, 0) is 36.2 Å². The summed E-state index contributed by atoms with van der Waals surface area (Å²) in [7, 11) is 1.76. The highest BCUT2D eigenvalue weighted by Crippen LogP contribution is 2.38. The standard InChI is InChI=1S/C25H19N3O3/c1-15-22(25(31)28(27(15)2)16-9-4-3-5-10-16)26-24(30)20-14-8-13-18-17-11-6-7-12-19(17)23(29)21(18)20/h3-14H,1-2H3,(H,26,30). The molecule has 6 nitrogen and oxygen atoms in total. The Morgan fingerprint density at radius 2 is 1.45 bits per heavy atom. The number of hydrogen-bond donors (Lipinski definition) is 1. The molecule has 6 heteroatoms. The Balaban J connectivity index is 1.57. The molecule has 1 aromatic heterocycles. The Bertz CT molecular complexity index is 1430. The van der Waals surface area contributed by atoms with Crippen LogP contribution in [0.3, 0.4) is 0 Å². The van der Waals surface area contributed by atoms with Gasteiger partial charge in [0.15, 0.2) is 5.78 Å². The van der Waals surface area contributed by atoms with Crippen LogP contribution >= 0.6 is 0 Å². The van der Waals surface area contributed by atoms with E-state index in [2.05, 4.69) is 5.32 Å². The van der Waals surface area contributed by atoms with Crippen molar-refractivity contribution in [2.45, 2.75) is 6.92 Å². The fourth-order valence-electron chi connectivity index (χ4n) is 4.15. The fraction of sp³-hybridized carbons (Fsp3) is 0.0800.